The third-order valence-electron chi connectivity index (χ3n) is 10.4. The second-order valence-corrected chi connectivity index (χ2v) is 13.2. The van der Waals surface area contributed by atoms with E-state index in [1.165, 1.54) is 32.4 Å². The summed E-state index contributed by atoms with van der Waals surface area (Å²) in [5, 5.41) is 45.0. The molecule has 2 saturated carbocycles. The van der Waals surface area contributed by atoms with Crippen LogP contribution in [0.5, 0.6) is 0 Å². The molecule has 0 spiro atoms. The lowest BCUT2D eigenvalue weighted by molar-refractivity contribution is -0.313. The standard InChI is InChI=1S/C33H46O10/c1-7-8-9-10-11-12-13-14-15-24(36)41-29-20(3)32(39)23-16-19(2)28(37)31(23,38)17-22(18-34)26(43-40)25(32)27-30(5,6)33(27,29)42-21(4)35/h12-17,20,23,25-27,29,34,38-40H,7-11,18H2,1-6H3/b13-12+,15-14+/t20-,23-,25+,26+,27-,29-,31-,32+,33-/m1/s1. The van der Waals surface area contributed by atoms with Crippen LogP contribution in [0.4, 0.5) is 0 Å². The molecular formula is C33H46O10. The topological polar surface area (TPSA) is 160 Å². The van der Waals surface area contributed by atoms with Crippen LogP contribution >= 0.6 is 0 Å². The number of hydrogen-bond donors (Lipinski definition) is 4. The van der Waals surface area contributed by atoms with Crippen molar-refractivity contribution in [2.75, 3.05) is 6.61 Å². The van der Waals surface area contributed by atoms with Gasteiger partial charge < -0.3 is 24.8 Å². The smallest absolute Gasteiger partial charge is 0.331 e. The minimum absolute atomic E-state index is 0.00106. The quantitative estimate of drug-likeness (QED) is 0.0523. The van der Waals surface area contributed by atoms with Gasteiger partial charge in [0.25, 0.3) is 0 Å². The largest absolute Gasteiger partial charge is 0.455 e. The Morgan fingerprint density at radius 1 is 1.12 bits per heavy atom. The molecule has 10 heteroatoms. The average molecular weight is 603 g/mol. The molecule has 4 N–H and O–H groups in total. The zero-order chi connectivity index (χ0) is 32.0. The Bertz CT molecular complexity index is 1250. The number of carbonyl (C=O) groups is 3. The number of ether oxygens (including phenoxy) is 2. The van der Waals surface area contributed by atoms with Crippen molar-refractivity contribution in [1.82, 2.24) is 0 Å². The lowest BCUT2D eigenvalue weighted by Crippen LogP contribution is -2.68. The van der Waals surface area contributed by atoms with Crippen molar-refractivity contribution in [3.63, 3.8) is 0 Å². The summed E-state index contributed by atoms with van der Waals surface area (Å²) in [7, 11) is 0. The van der Waals surface area contributed by atoms with Crippen LogP contribution < -0.4 is 0 Å². The van der Waals surface area contributed by atoms with Crippen molar-refractivity contribution in [2.24, 2.45) is 29.1 Å². The number of Topliss-reactive ketones (excluding diaryl/α,β-unsaturated/α-hetero) is 1. The fourth-order valence-electron chi connectivity index (χ4n) is 8.41. The lowest BCUT2D eigenvalue weighted by atomic mass is 9.58. The summed E-state index contributed by atoms with van der Waals surface area (Å²) in [6.07, 6.45) is 12.0. The first-order valence-electron chi connectivity index (χ1n) is 15.2. The molecule has 238 valence electrons. The normalized spacial score (nSPS) is 39.4. The highest BCUT2D eigenvalue weighted by Crippen LogP contribution is 2.77. The highest BCUT2D eigenvalue weighted by atomic mass is 17.1. The van der Waals surface area contributed by atoms with E-state index in [1.807, 2.05) is 6.08 Å². The molecule has 0 bridgehead atoms. The van der Waals surface area contributed by atoms with Crippen molar-refractivity contribution >= 4 is 17.7 Å². The number of carbonyl (C=O) groups excluding carboxylic acids is 3. The Balaban J connectivity index is 1.77. The molecule has 2 fully saturated rings. The molecule has 0 unspecified atom stereocenters. The molecule has 10 nitrogen and oxygen atoms in total. The SMILES string of the molecule is CCCCCC/C=C/C=C/C(=O)O[C@@H]1[C@@H](C)[C@@]2(O)[C@H]([C@@H]3C(C)(C)[C@]13OC(C)=O)[C@@H](OO)C(CO)=C[C@]1(O)C(=O)C(C)=C[C@@H]21. The van der Waals surface area contributed by atoms with Crippen LogP contribution in [0.25, 0.3) is 0 Å². The first-order valence-corrected chi connectivity index (χ1v) is 15.2. The van der Waals surface area contributed by atoms with E-state index in [-0.39, 0.29) is 11.1 Å². The Labute approximate surface area is 253 Å². The molecule has 4 rings (SSSR count). The fourth-order valence-corrected chi connectivity index (χ4v) is 8.41. The molecule has 4 aliphatic rings. The number of aliphatic hydroxyl groups excluding tert-OH is 1. The zero-order valence-electron chi connectivity index (χ0n) is 25.9. The van der Waals surface area contributed by atoms with Crippen LogP contribution in [0.15, 0.2) is 47.6 Å². The van der Waals surface area contributed by atoms with Gasteiger partial charge in [-0.1, -0.05) is 71.3 Å². The van der Waals surface area contributed by atoms with E-state index in [1.54, 1.807) is 32.9 Å². The summed E-state index contributed by atoms with van der Waals surface area (Å²) in [6.45, 7) is 9.43. The van der Waals surface area contributed by atoms with Crippen LogP contribution in [-0.2, 0) is 28.7 Å². The summed E-state index contributed by atoms with van der Waals surface area (Å²) >= 11 is 0. The van der Waals surface area contributed by atoms with Crippen molar-refractivity contribution in [3.05, 3.63) is 47.6 Å². The molecule has 43 heavy (non-hydrogen) atoms. The molecule has 0 aromatic rings. The maximum absolute atomic E-state index is 13.3. The molecule has 0 aromatic carbocycles. The average Bonchev–Trinajstić information content (AvgIpc) is 3.35. The molecule has 9 atom stereocenters. The predicted octanol–water partition coefficient (Wildman–Crippen LogP) is 3.60. The van der Waals surface area contributed by atoms with Crippen LogP contribution in [0.2, 0.25) is 0 Å². The van der Waals surface area contributed by atoms with E-state index >= 15 is 0 Å². The van der Waals surface area contributed by atoms with E-state index in [2.05, 4.69) is 6.92 Å². The van der Waals surface area contributed by atoms with E-state index in [0.717, 1.165) is 31.8 Å². The minimum atomic E-state index is -2.26. The first kappa shape index (κ1) is 33.3. The van der Waals surface area contributed by atoms with Gasteiger partial charge in [0.15, 0.2) is 17.0 Å². The number of aliphatic hydroxyl groups is 3. The summed E-state index contributed by atoms with van der Waals surface area (Å²) in [5.41, 5.74) is -6.43. The van der Waals surface area contributed by atoms with Gasteiger partial charge in [0.1, 0.15) is 12.2 Å². The molecule has 4 aliphatic carbocycles. The summed E-state index contributed by atoms with van der Waals surface area (Å²) in [6, 6.07) is 0. The van der Waals surface area contributed by atoms with Gasteiger partial charge in [-0.25, -0.2) is 9.68 Å². The van der Waals surface area contributed by atoms with Crippen molar-refractivity contribution in [1.29, 1.82) is 0 Å². The lowest BCUT2D eigenvalue weighted by Gasteiger charge is -2.54. The Morgan fingerprint density at radius 3 is 2.42 bits per heavy atom. The summed E-state index contributed by atoms with van der Waals surface area (Å²) in [5.74, 6) is -6.16. The molecule has 0 amide bonds. The highest BCUT2D eigenvalue weighted by molar-refractivity contribution is 6.06. The van der Waals surface area contributed by atoms with E-state index in [9.17, 15) is 35.0 Å². The van der Waals surface area contributed by atoms with Gasteiger partial charge in [0.2, 0.25) is 0 Å². The maximum atomic E-state index is 13.3. The number of allylic oxidation sites excluding steroid dienone is 3. The zero-order valence-corrected chi connectivity index (χ0v) is 25.9. The highest BCUT2D eigenvalue weighted by Gasteiger charge is 2.89. The Hall–Kier alpha value is -2.63. The summed E-state index contributed by atoms with van der Waals surface area (Å²) in [4.78, 5) is 43.9. The summed E-state index contributed by atoms with van der Waals surface area (Å²) < 4.78 is 12.0. The van der Waals surface area contributed by atoms with Gasteiger partial charge in [-0.2, -0.15) is 0 Å². The van der Waals surface area contributed by atoms with Crippen LogP contribution in [0.1, 0.15) is 73.6 Å². The fraction of sp³-hybridized carbons (Fsp3) is 0.667. The van der Waals surface area contributed by atoms with Gasteiger partial charge in [-0.3, -0.25) is 14.8 Å². The van der Waals surface area contributed by atoms with Gasteiger partial charge in [-0.15, -0.1) is 0 Å². The predicted molar refractivity (Wildman–Crippen MR) is 156 cm³/mol. The van der Waals surface area contributed by atoms with Crippen molar-refractivity contribution in [3.8, 4) is 0 Å². The molecular weight excluding hydrogens is 556 g/mol. The van der Waals surface area contributed by atoms with Gasteiger partial charge in [-0.05, 0) is 37.0 Å². The Kier molecular flexibility index (Phi) is 9.32. The van der Waals surface area contributed by atoms with Crippen LogP contribution in [0.3, 0.4) is 0 Å². The van der Waals surface area contributed by atoms with E-state index < -0.39 is 82.4 Å². The van der Waals surface area contributed by atoms with E-state index in [4.69, 9.17) is 14.4 Å². The van der Waals surface area contributed by atoms with E-state index in [0.29, 0.717) is 0 Å². The third-order valence-corrected chi connectivity index (χ3v) is 10.4. The molecule has 0 aliphatic heterocycles. The second kappa shape index (κ2) is 12.0. The van der Waals surface area contributed by atoms with Gasteiger partial charge in [0, 0.05) is 42.1 Å². The number of rotatable bonds is 11. The van der Waals surface area contributed by atoms with Gasteiger partial charge in [0.05, 0.1) is 12.2 Å². The Morgan fingerprint density at radius 2 is 1.81 bits per heavy atom. The van der Waals surface area contributed by atoms with Gasteiger partial charge >= 0.3 is 11.9 Å². The number of ketones is 1. The number of fused-ring (bicyclic) bond motifs is 5. The monoisotopic (exact) mass is 602 g/mol. The van der Waals surface area contributed by atoms with Crippen LogP contribution in [0, 0.1) is 29.1 Å². The first-order chi connectivity index (χ1) is 20.2. The molecule has 0 aromatic heterocycles. The third kappa shape index (κ3) is 5.05. The van der Waals surface area contributed by atoms with Crippen molar-refractivity contribution < 1.29 is 49.3 Å². The number of unbranched alkanes of at least 4 members (excludes halogenated alkanes) is 4. The van der Waals surface area contributed by atoms with Crippen molar-refractivity contribution in [2.45, 2.75) is 103 Å². The maximum Gasteiger partial charge on any atom is 0.331 e. The minimum Gasteiger partial charge on any atom is -0.455 e. The molecule has 0 radical (unpaired) electrons. The number of esters is 2. The molecule has 0 heterocycles. The second-order valence-electron chi connectivity index (χ2n) is 13.2. The van der Waals surface area contributed by atoms with Crippen LogP contribution in [-0.4, -0.2) is 73.9 Å². The number of hydrogen-bond acceptors (Lipinski definition) is 10. The molecule has 0 saturated heterocycles.